The third-order valence-corrected chi connectivity index (χ3v) is 3.16. The molecule has 5 nitrogen and oxygen atoms in total. The Kier molecular flexibility index (Phi) is 5.63. The minimum atomic E-state index is -0.294. The van der Waals surface area contributed by atoms with Crippen LogP contribution in [0, 0.1) is 0 Å². The minimum absolute atomic E-state index is 0.294. The van der Waals surface area contributed by atoms with E-state index in [-0.39, 0.29) is 6.03 Å². The molecule has 0 fully saturated rings. The standard InChI is InChI=1S/C14H23N3O2/c1-10(2)12-6-5-11(13(9-12)19-4)7-8-17(3)14(18)16-15/h5-6,9-10H,7-8,15H2,1-4H3,(H,16,18). The average Bonchev–Trinajstić information content (AvgIpc) is 2.43. The molecular weight excluding hydrogens is 242 g/mol. The van der Waals surface area contributed by atoms with Gasteiger partial charge in [-0.05, 0) is 29.5 Å². The number of methoxy groups -OCH3 is 1. The third-order valence-electron chi connectivity index (χ3n) is 3.16. The zero-order valence-electron chi connectivity index (χ0n) is 12.1. The number of likely N-dealkylation sites (N-methyl/N-ethyl adjacent to an activating group) is 1. The summed E-state index contributed by atoms with van der Waals surface area (Å²) < 4.78 is 5.41. The summed E-state index contributed by atoms with van der Waals surface area (Å²) >= 11 is 0. The molecule has 0 aromatic heterocycles. The van der Waals surface area contributed by atoms with Crippen molar-refractivity contribution in [2.75, 3.05) is 20.7 Å². The summed E-state index contributed by atoms with van der Waals surface area (Å²) in [6.07, 6.45) is 0.728. The number of rotatable bonds is 5. The monoisotopic (exact) mass is 265 g/mol. The minimum Gasteiger partial charge on any atom is -0.496 e. The summed E-state index contributed by atoms with van der Waals surface area (Å²) in [6, 6.07) is 5.93. The van der Waals surface area contributed by atoms with Crippen LogP contribution in [0.25, 0.3) is 0 Å². The molecule has 0 bridgehead atoms. The van der Waals surface area contributed by atoms with E-state index in [9.17, 15) is 4.79 Å². The number of amides is 2. The fourth-order valence-corrected chi connectivity index (χ4v) is 1.83. The molecular formula is C14H23N3O2. The molecule has 5 heteroatoms. The number of hydrazine groups is 1. The fourth-order valence-electron chi connectivity index (χ4n) is 1.83. The zero-order valence-corrected chi connectivity index (χ0v) is 12.1. The Morgan fingerprint density at radius 2 is 2.16 bits per heavy atom. The van der Waals surface area contributed by atoms with Gasteiger partial charge in [0.05, 0.1) is 7.11 Å². The van der Waals surface area contributed by atoms with E-state index in [1.54, 1.807) is 14.2 Å². The van der Waals surface area contributed by atoms with Crippen molar-refractivity contribution in [2.24, 2.45) is 5.84 Å². The molecule has 106 valence electrons. The normalized spacial score (nSPS) is 10.4. The highest BCUT2D eigenvalue weighted by molar-refractivity contribution is 5.73. The molecule has 0 saturated heterocycles. The maximum absolute atomic E-state index is 11.3. The van der Waals surface area contributed by atoms with Crippen molar-refractivity contribution in [2.45, 2.75) is 26.2 Å². The molecule has 0 unspecified atom stereocenters. The first-order valence-corrected chi connectivity index (χ1v) is 6.38. The van der Waals surface area contributed by atoms with Gasteiger partial charge in [0.25, 0.3) is 0 Å². The van der Waals surface area contributed by atoms with Gasteiger partial charge in [0, 0.05) is 13.6 Å². The van der Waals surface area contributed by atoms with E-state index >= 15 is 0 Å². The Bertz CT molecular complexity index is 433. The van der Waals surface area contributed by atoms with Gasteiger partial charge in [0.2, 0.25) is 0 Å². The second kappa shape index (κ2) is 6.99. The molecule has 0 saturated carbocycles. The lowest BCUT2D eigenvalue weighted by Crippen LogP contribution is -2.41. The molecule has 0 spiro atoms. The number of hydrogen-bond acceptors (Lipinski definition) is 3. The number of nitrogens with two attached hydrogens (primary N) is 1. The predicted molar refractivity (Wildman–Crippen MR) is 76.1 cm³/mol. The number of nitrogens with zero attached hydrogens (tertiary/aromatic N) is 1. The van der Waals surface area contributed by atoms with Crippen molar-refractivity contribution in [1.82, 2.24) is 10.3 Å². The second-order valence-corrected chi connectivity index (χ2v) is 4.85. The van der Waals surface area contributed by atoms with Crippen LogP contribution in [-0.2, 0) is 6.42 Å². The molecule has 1 aromatic rings. The van der Waals surface area contributed by atoms with Gasteiger partial charge in [-0.2, -0.15) is 0 Å². The van der Waals surface area contributed by atoms with E-state index in [4.69, 9.17) is 10.6 Å². The Labute approximate surface area is 114 Å². The average molecular weight is 265 g/mol. The molecule has 0 heterocycles. The maximum atomic E-state index is 11.3. The van der Waals surface area contributed by atoms with Crippen molar-refractivity contribution in [3.8, 4) is 5.75 Å². The number of ether oxygens (including phenoxy) is 1. The van der Waals surface area contributed by atoms with Crippen LogP contribution in [-0.4, -0.2) is 31.6 Å². The van der Waals surface area contributed by atoms with Gasteiger partial charge in [-0.15, -0.1) is 0 Å². The Morgan fingerprint density at radius 1 is 1.47 bits per heavy atom. The number of nitrogens with one attached hydrogen (secondary N) is 1. The molecule has 1 aromatic carbocycles. The van der Waals surface area contributed by atoms with Crippen LogP contribution in [0.5, 0.6) is 5.75 Å². The van der Waals surface area contributed by atoms with Gasteiger partial charge < -0.3 is 9.64 Å². The first kappa shape index (κ1) is 15.3. The first-order valence-electron chi connectivity index (χ1n) is 6.38. The molecule has 1 rings (SSSR count). The van der Waals surface area contributed by atoms with Crippen LogP contribution in [0.1, 0.15) is 30.9 Å². The zero-order chi connectivity index (χ0) is 14.4. The summed E-state index contributed by atoms with van der Waals surface area (Å²) in [7, 11) is 3.37. The molecule has 2 amide bonds. The highest BCUT2D eigenvalue weighted by Gasteiger charge is 2.10. The maximum Gasteiger partial charge on any atom is 0.331 e. The fraction of sp³-hybridized carbons (Fsp3) is 0.500. The summed E-state index contributed by atoms with van der Waals surface area (Å²) in [5.41, 5.74) is 4.44. The van der Waals surface area contributed by atoms with Crippen molar-refractivity contribution in [3.63, 3.8) is 0 Å². The largest absolute Gasteiger partial charge is 0.496 e. The number of carbonyl (C=O) groups is 1. The van der Waals surface area contributed by atoms with Gasteiger partial charge >= 0.3 is 6.03 Å². The lowest BCUT2D eigenvalue weighted by atomic mass is 10.00. The van der Waals surface area contributed by atoms with E-state index < -0.39 is 0 Å². The van der Waals surface area contributed by atoms with Gasteiger partial charge in [-0.25, -0.2) is 10.6 Å². The quantitative estimate of drug-likeness (QED) is 0.485. The molecule has 19 heavy (non-hydrogen) atoms. The van der Waals surface area contributed by atoms with Gasteiger partial charge in [0.1, 0.15) is 5.75 Å². The van der Waals surface area contributed by atoms with Gasteiger partial charge in [-0.3, -0.25) is 5.43 Å². The predicted octanol–water partition coefficient (Wildman–Crippen LogP) is 1.88. The van der Waals surface area contributed by atoms with E-state index in [1.807, 2.05) is 0 Å². The highest BCUT2D eigenvalue weighted by Crippen LogP contribution is 2.25. The van der Waals surface area contributed by atoms with Gasteiger partial charge in [-0.1, -0.05) is 26.0 Å². The lowest BCUT2D eigenvalue weighted by molar-refractivity contribution is 0.209. The van der Waals surface area contributed by atoms with Crippen LogP contribution >= 0.6 is 0 Å². The van der Waals surface area contributed by atoms with Gasteiger partial charge in [0.15, 0.2) is 0 Å². The van der Waals surface area contributed by atoms with Crippen molar-refractivity contribution >= 4 is 6.03 Å². The Hall–Kier alpha value is -1.75. The van der Waals surface area contributed by atoms with Crippen molar-refractivity contribution < 1.29 is 9.53 Å². The molecule has 0 aliphatic carbocycles. The van der Waals surface area contributed by atoms with Crippen molar-refractivity contribution in [1.29, 1.82) is 0 Å². The smallest absolute Gasteiger partial charge is 0.331 e. The summed E-state index contributed by atoms with van der Waals surface area (Å²) in [5, 5.41) is 0. The topological polar surface area (TPSA) is 67.6 Å². The molecule has 3 N–H and O–H groups in total. The van der Waals surface area contributed by atoms with Crippen LogP contribution in [0.4, 0.5) is 4.79 Å². The van der Waals surface area contributed by atoms with Crippen LogP contribution in [0.15, 0.2) is 18.2 Å². The molecule has 0 atom stereocenters. The summed E-state index contributed by atoms with van der Waals surface area (Å²) in [6.45, 7) is 4.88. The van der Waals surface area contributed by atoms with Crippen molar-refractivity contribution in [3.05, 3.63) is 29.3 Å². The lowest BCUT2D eigenvalue weighted by Gasteiger charge is -2.18. The van der Waals surface area contributed by atoms with Crippen LogP contribution < -0.4 is 16.0 Å². The number of hydrogen-bond donors (Lipinski definition) is 2. The Balaban J connectivity index is 2.76. The third kappa shape index (κ3) is 4.13. The molecule has 0 aliphatic rings. The van der Waals surface area contributed by atoms with E-state index in [2.05, 4.69) is 37.5 Å². The van der Waals surface area contributed by atoms with Crippen LogP contribution in [0.2, 0.25) is 0 Å². The second-order valence-electron chi connectivity index (χ2n) is 4.85. The SMILES string of the molecule is COc1cc(C(C)C)ccc1CCN(C)C(=O)NN. The van der Waals surface area contributed by atoms with Crippen LogP contribution in [0.3, 0.4) is 0 Å². The summed E-state index contributed by atoms with van der Waals surface area (Å²) in [5.74, 6) is 6.42. The number of benzene rings is 1. The van der Waals surface area contributed by atoms with E-state index in [0.29, 0.717) is 12.5 Å². The highest BCUT2D eigenvalue weighted by atomic mass is 16.5. The van der Waals surface area contributed by atoms with E-state index in [1.165, 1.54) is 10.5 Å². The number of carbonyl (C=O) groups excluding carboxylic acids is 1. The summed E-state index contributed by atoms with van der Waals surface area (Å²) in [4.78, 5) is 12.8. The Morgan fingerprint density at radius 3 is 2.68 bits per heavy atom. The first-order chi connectivity index (χ1) is 8.99. The molecule has 0 aliphatic heterocycles. The van der Waals surface area contributed by atoms with E-state index in [0.717, 1.165) is 17.7 Å². The molecule has 0 radical (unpaired) electrons. The number of urea groups is 1.